The summed E-state index contributed by atoms with van der Waals surface area (Å²) < 4.78 is 54.7. The predicted octanol–water partition coefficient (Wildman–Crippen LogP) is 3.88. The van der Waals surface area contributed by atoms with E-state index in [1.807, 2.05) is 6.92 Å². The lowest BCUT2D eigenvalue weighted by atomic mass is 10.0. The number of methoxy groups -OCH3 is 1. The minimum atomic E-state index is -0.722. The summed E-state index contributed by atoms with van der Waals surface area (Å²) in [6, 6.07) is 3.64. The second-order valence-corrected chi connectivity index (χ2v) is 9.39. The van der Waals surface area contributed by atoms with Crippen molar-refractivity contribution in [3.63, 3.8) is 0 Å². The smallest absolute Gasteiger partial charge is 0.341 e. The van der Waals surface area contributed by atoms with E-state index in [9.17, 15) is 18.0 Å². The standard InChI is InChI=1S/C26H28F3N7O3/c1-15-24(34(2)33-25(15)30-6-7-38-3)21-11-23(20(29)12-31-21)39-19-13-35(14-19)26(37)36-22(4-5-32-36)16-8-17(27)10-18(28)9-16/h5,8-12,19,22H,4,6-7,13-14H2,1-3H3,(H,30,33)/t22-/m0/s1. The third-order valence-electron chi connectivity index (χ3n) is 6.65. The molecule has 0 bridgehead atoms. The van der Waals surface area contributed by atoms with Gasteiger partial charge in [-0.25, -0.2) is 23.0 Å². The molecule has 0 spiro atoms. The summed E-state index contributed by atoms with van der Waals surface area (Å²) in [5, 5.41) is 13.0. The number of likely N-dealkylation sites (tertiary alicyclic amines) is 1. The Morgan fingerprint density at radius 2 is 1.90 bits per heavy atom. The first-order valence-corrected chi connectivity index (χ1v) is 12.4. The molecule has 206 valence electrons. The van der Waals surface area contributed by atoms with Gasteiger partial charge in [0, 0.05) is 51.0 Å². The van der Waals surface area contributed by atoms with E-state index < -0.39 is 35.6 Å². The molecule has 10 nitrogen and oxygen atoms in total. The Hall–Kier alpha value is -4.13. The highest BCUT2D eigenvalue weighted by atomic mass is 19.1. The maximum absolute atomic E-state index is 14.6. The topological polar surface area (TPSA) is 97.1 Å². The molecule has 1 fully saturated rings. The molecule has 3 aromatic rings. The number of nitrogens with one attached hydrogen (secondary N) is 1. The van der Waals surface area contributed by atoms with E-state index in [-0.39, 0.29) is 18.8 Å². The number of aromatic nitrogens is 3. The number of carbonyl (C=O) groups is 1. The summed E-state index contributed by atoms with van der Waals surface area (Å²) in [4.78, 5) is 18.8. The normalized spacial score (nSPS) is 17.0. The summed E-state index contributed by atoms with van der Waals surface area (Å²) >= 11 is 0. The van der Waals surface area contributed by atoms with E-state index in [0.717, 1.165) is 17.8 Å². The van der Waals surface area contributed by atoms with Crippen LogP contribution in [0.2, 0.25) is 0 Å². The highest BCUT2D eigenvalue weighted by Gasteiger charge is 2.39. The number of carbonyl (C=O) groups excluding carboxylic acids is 1. The van der Waals surface area contributed by atoms with Crippen LogP contribution >= 0.6 is 0 Å². The van der Waals surface area contributed by atoms with Gasteiger partial charge in [-0.1, -0.05) is 0 Å². The molecule has 0 aliphatic carbocycles. The number of ether oxygens (including phenoxy) is 2. The minimum Gasteiger partial charge on any atom is -0.483 e. The predicted molar refractivity (Wildman–Crippen MR) is 137 cm³/mol. The molecule has 2 amide bonds. The Morgan fingerprint density at radius 1 is 1.15 bits per heavy atom. The lowest BCUT2D eigenvalue weighted by molar-refractivity contribution is 0.0256. The number of hydrogen-bond donors (Lipinski definition) is 1. The summed E-state index contributed by atoms with van der Waals surface area (Å²) in [5.74, 6) is -1.38. The number of rotatable bonds is 8. The van der Waals surface area contributed by atoms with Gasteiger partial charge in [-0.3, -0.25) is 9.67 Å². The first kappa shape index (κ1) is 26.5. The van der Waals surface area contributed by atoms with Crippen LogP contribution < -0.4 is 10.1 Å². The maximum atomic E-state index is 14.6. The van der Waals surface area contributed by atoms with Gasteiger partial charge >= 0.3 is 6.03 Å². The van der Waals surface area contributed by atoms with Crippen molar-refractivity contribution in [2.24, 2.45) is 12.1 Å². The molecule has 1 atom stereocenters. The number of hydrogen-bond acceptors (Lipinski definition) is 7. The van der Waals surface area contributed by atoms with Crippen molar-refractivity contribution in [2.45, 2.75) is 25.5 Å². The Kier molecular flexibility index (Phi) is 7.42. The molecule has 13 heteroatoms. The van der Waals surface area contributed by atoms with Gasteiger partial charge in [0.15, 0.2) is 17.4 Å². The molecule has 2 aliphatic rings. The molecule has 0 unspecified atom stereocenters. The number of hydrazone groups is 1. The van der Waals surface area contributed by atoms with Crippen molar-refractivity contribution in [3.05, 3.63) is 59.0 Å². The van der Waals surface area contributed by atoms with Gasteiger partial charge < -0.3 is 19.7 Å². The summed E-state index contributed by atoms with van der Waals surface area (Å²) in [5.41, 5.74) is 2.36. The monoisotopic (exact) mass is 543 g/mol. The lowest BCUT2D eigenvalue weighted by Gasteiger charge is -2.41. The fourth-order valence-corrected chi connectivity index (χ4v) is 4.70. The van der Waals surface area contributed by atoms with Crippen molar-refractivity contribution >= 4 is 18.1 Å². The van der Waals surface area contributed by atoms with Crippen molar-refractivity contribution in [3.8, 4) is 17.1 Å². The summed E-state index contributed by atoms with van der Waals surface area (Å²) in [6.07, 6.45) is 2.52. The van der Waals surface area contributed by atoms with Crippen molar-refractivity contribution < 1.29 is 27.4 Å². The van der Waals surface area contributed by atoms with Crippen LogP contribution in [0.1, 0.15) is 23.6 Å². The minimum absolute atomic E-state index is 0.0129. The first-order valence-electron chi connectivity index (χ1n) is 12.4. The average molecular weight is 544 g/mol. The number of urea groups is 1. The van der Waals surface area contributed by atoms with Crippen LogP contribution in [0.25, 0.3) is 11.4 Å². The van der Waals surface area contributed by atoms with E-state index in [4.69, 9.17) is 9.47 Å². The van der Waals surface area contributed by atoms with Crippen LogP contribution in [0.4, 0.5) is 23.8 Å². The molecule has 1 N–H and O–H groups in total. The van der Waals surface area contributed by atoms with Gasteiger partial charge in [-0.05, 0) is 24.6 Å². The molecule has 4 heterocycles. The van der Waals surface area contributed by atoms with E-state index in [1.165, 1.54) is 34.3 Å². The van der Waals surface area contributed by atoms with Gasteiger partial charge in [0.25, 0.3) is 0 Å². The molecular weight excluding hydrogens is 515 g/mol. The molecule has 0 radical (unpaired) electrons. The van der Waals surface area contributed by atoms with Crippen LogP contribution in [0, 0.1) is 24.4 Å². The summed E-state index contributed by atoms with van der Waals surface area (Å²) in [6.45, 7) is 3.39. The zero-order chi connectivity index (χ0) is 27.7. The van der Waals surface area contributed by atoms with Gasteiger partial charge in [0.1, 0.15) is 17.7 Å². The number of benzene rings is 1. The number of aryl methyl sites for hydroxylation is 1. The number of nitrogens with zero attached hydrogens (tertiary/aromatic N) is 6. The second-order valence-electron chi connectivity index (χ2n) is 9.39. The number of anilines is 1. The van der Waals surface area contributed by atoms with Crippen molar-refractivity contribution in [1.29, 1.82) is 0 Å². The molecule has 1 aromatic carbocycles. The Bertz CT molecular complexity index is 1390. The highest BCUT2D eigenvalue weighted by molar-refractivity contribution is 5.79. The molecule has 1 saturated heterocycles. The second kappa shape index (κ2) is 10.9. The number of pyridine rings is 1. The van der Waals surface area contributed by atoms with Crippen LogP contribution in [-0.2, 0) is 11.8 Å². The van der Waals surface area contributed by atoms with Gasteiger partial charge in [0.05, 0.1) is 43.3 Å². The largest absolute Gasteiger partial charge is 0.483 e. The SMILES string of the molecule is COCCNc1nn(C)c(-c2cc(OC3CN(C(=O)N4N=CC[C@H]4c4cc(F)cc(F)c4)C3)c(F)cn2)c1C. The molecule has 5 rings (SSSR count). The van der Waals surface area contributed by atoms with E-state index in [0.29, 0.717) is 42.3 Å². The van der Waals surface area contributed by atoms with Crippen molar-refractivity contribution in [1.82, 2.24) is 24.7 Å². The fraction of sp³-hybridized carbons (Fsp3) is 0.385. The van der Waals surface area contributed by atoms with Crippen LogP contribution in [0.5, 0.6) is 5.75 Å². The third kappa shape index (κ3) is 5.39. The Balaban J connectivity index is 1.24. The quantitative estimate of drug-likeness (QED) is 0.433. The molecule has 2 aromatic heterocycles. The third-order valence-corrected chi connectivity index (χ3v) is 6.65. The van der Waals surface area contributed by atoms with E-state index in [1.54, 1.807) is 18.8 Å². The molecule has 39 heavy (non-hydrogen) atoms. The van der Waals surface area contributed by atoms with Crippen molar-refractivity contribution in [2.75, 3.05) is 38.7 Å². The van der Waals surface area contributed by atoms with Gasteiger partial charge in [-0.15, -0.1) is 0 Å². The van der Waals surface area contributed by atoms with E-state index >= 15 is 0 Å². The molecular formula is C26H28F3N7O3. The first-order chi connectivity index (χ1) is 18.7. The average Bonchev–Trinajstić information content (AvgIpc) is 3.46. The summed E-state index contributed by atoms with van der Waals surface area (Å²) in [7, 11) is 3.39. The van der Waals surface area contributed by atoms with Crippen LogP contribution in [-0.4, -0.2) is 76.4 Å². The number of amides is 2. The highest BCUT2D eigenvalue weighted by Crippen LogP contribution is 2.33. The maximum Gasteiger partial charge on any atom is 0.341 e. The van der Waals surface area contributed by atoms with Crippen LogP contribution in [0.3, 0.4) is 0 Å². The lowest BCUT2D eigenvalue weighted by Crippen LogP contribution is -2.58. The molecule has 0 saturated carbocycles. The molecule has 2 aliphatic heterocycles. The van der Waals surface area contributed by atoms with Gasteiger partial charge in [-0.2, -0.15) is 10.2 Å². The van der Waals surface area contributed by atoms with Crippen LogP contribution in [0.15, 0.2) is 35.6 Å². The Labute approximate surface area is 223 Å². The zero-order valence-electron chi connectivity index (χ0n) is 21.7. The zero-order valence-corrected chi connectivity index (χ0v) is 21.7. The Morgan fingerprint density at radius 3 is 2.62 bits per heavy atom. The van der Waals surface area contributed by atoms with Gasteiger partial charge in [0.2, 0.25) is 0 Å². The van der Waals surface area contributed by atoms with E-state index in [2.05, 4.69) is 20.5 Å². The fourth-order valence-electron chi connectivity index (χ4n) is 4.70. The number of halogens is 3.